The molecule has 2 aliphatic heterocycles. The summed E-state index contributed by atoms with van der Waals surface area (Å²) in [4.78, 5) is 23.7. The van der Waals surface area contributed by atoms with Crippen LogP contribution in [0.1, 0.15) is 68.1 Å². The molecule has 5 heteroatoms. The van der Waals surface area contributed by atoms with Crippen LogP contribution in [0, 0.1) is 5.92 Å². The third kappa shape index (κ3) is 5.18. The van der Waals surface area contributed by atoms with Crippen LogP contribution >= 0.6 is 0 Å². The number of likely N-dealkylation sites (tertiary alicyclic amines) is 2. The summed E-state index contributed by atoms with van der Waals surface area (Å²) in [7, 11) is 0. The van der Waals surface area contributed by atoms with Gasteiger partial charge in [0.25, 0.3) is 5.91 Å². The van der Waals surface area contributed by atoms with Crippen LogP contribution in [0.25, 0.3) is 0 Å². The van der Waals surface area contributed by atoms with E-state index in [1.807, 2.05) is 18.5 Å². The van der Waals surface area contributed by atoms with Gasteiger partial charge < -0.3 is 19.7 Å². The molecule has 0 unspecified atom stereocenters. The van der Waals surface area contributed by atoms with E-state index in [0.29, 0.717) is 5.92 Å². The molecule has 4 rings (SSSR count). The maximum absolute atomic E-state index is 13.2. The van der Waals surface area contributed by atoms with Crippen molar-refractivity contribution >= 4 is 5.91 Å². The Kier molecular flexibility index (Phi) is 7.08. The maximum atomic E-state index is 13.2. The molecular formula is C23H38N4O. The fraction of sp³-hybridized carbons (Fsp3) is 0.783. The van der Waals surface area contributed by atoms with Gasteiger partial charge in [0, 0.05) is 44.6 Å². The molecule has 0 bridgehead atoms. The lowest BCUT2D eigenvalue weighted by molar-refractivity contribution is 0.0610. The average Bonchev–Trinajstić information content (AvgIpc) is 3.46. The second kappa shape index (κ2) is 9.93. The van der Waals surface area contributed by atoms with Crippen molar-refractivity contribution in [3.8, 4) is 0 Å². The number of H-pyrrole nitrogens is 1. The Labute approximate surface area is 170 Å². The van der Waals surface area contributed by atoms with Gasteiger partial charge in [0.2, 0.25) is 0 Å². The quantitative estimate of drug-likeness (QED) is 0.779. The Morgan fingerprint density at radius 3 is 2.61 bits per heavy atom. The number of nitrogens with one attached hydrogen (secondary N) is 1. The Morgan fingerprint density at radius 2 is 1.86 bits per heavy atom. The molecule has 1 N–H and O–H groups in total. The van der Waals surface area contributed by atoms with Crippen LogP contribution in [0.5, 0.6) is 0 Å². The number of carbonyl (C=O) groups excluding carboxylic acids is 1. The smallest absolute Gasteiger partial charge is 0.255 e. The summed E-state index contributed by atoms with van der Waals surface area (Å²) >= 11 is 0. The van der Waals surface area contributed by atoms with E-state index in [1.54, 1.807) is 0 Å². The van der Waals surface area contributed by atoms with Crippen molar-refractivity contribution < 1.29 is 4.79 Å². The van der Waals surface area contributed by atoms with Gasteiger partial charge in [-0.3, -0.25) is 4.79 Å². The van der Waals surface area contributed by atoms with Crippen molar-refractivity contribution in [3.63, 3.8) is 0 Å². The molecule has 1 atom stereocenters. The molecule has 3 fully saturated rings. The standard InChI is InChI=1S/C23H38N4O/c28-23(21-10-11-24-17-21)27(16-15-25-12-4-1-5-13-25)19-20-7-6-14-26(18-20)22-8-2-3-9-22/h10-11,17,20,22,24H,1-9,12-16,18-19H2/t20-/m0/s1. The summed E-state index contributed by atoms with van der Waals surface area (Å²) < 4.78 is 0. The molecule has 1 saturated carbocycles. The first kappa shape index (κ1) is 20.0. The Hall–Kier alpha value is -1.33. The minimum atomic E-state index is 0.205. The molecule has 3 heterocycles. The predicted octanol–water partition coefficient (Wildman–Crippen LogP) is 3.60. The van der Waals surface area contributed by atoms with Crippen molar-refractivity contribution in [3.05, 3.63) is 24.0 Å². The van der Waals surface area contributed by atoms with Crippen LogP contribution in [0.15, 0.2) is 18.5 Å². The first-order chi connectivity index (χ1) is 13.8. The van der Waals surface area contributed by atoms with Gasteiger partial charge in [-0.05, 0) is 70.1 Å². The van der Waals surface area contributed by atoms with Gasteiger partial charge in [-0.2, -0.15) is 0 Å². The van der Waals surface area contributed by atoms with Crippen molar-refractivity contribution in [2.45, 2.75) is 63.8 Å². The predicted molar refractivity (Wildman–Crippen MR) is 114 cm³/mol. The Morgan fingerprint density at radius 1 is 1.04 bits per heavy atom. The lowest BCUT2D eigenvalue weighted by atomic mass is 9.95. The number of carbonyl (C=O) groups is 1. The number of piperidine rings is 2. The summed E-state index contributed by atoms with van der Waals surface area (Å²) in [6, 6.07) is 2.73. The van der Waals surface area contributed by atoms with Crippen LogP contribution in [-0.2, 0) is 0 Å². The number of hydrogen-bond acceptors (Lipinski definition) is 3. The van der Waals surface area contributed by atoms with Crippen LogP contribution in [0.4, 0.5) is 0 Å². The second-order valence-electron chi connectivity index (χ2n) is 9.19. The van der Waals surface area contributed by atoms with E-state index in [1.165, 1.54) is 84.0 Å². The van der Waals surface area contributed by atoms with E-state index in [0.717, 1.165) is 31.2 Å². The molecule has 3 aliphatic rings. The minimum Gasteiger partial charge on any atom is -0.367 e. The number of rotatable bonds is 7. The molecule has 1 aromatic heterocycles. The molecule has 2 saturated heterocycles. The number of aromatic nitrogens is 1. The topological polar surface area (TPSA) is 42.6 Å². The maximum Gasteiger partial charge on any atom is 0.255 e. The fourth-order valence-electron chi connectivity index (χ4n) is 5.52. The molecular weight excluding hydrogens is 348 g/mol. The highest BCUT2D eigenvalue weighted by Crippen LogP contribution is 2.28. The average molecular weight is 387 g/mol. The van der Waals surface area contributed by atoms with E-state index in [4.69, 9.17) is 0 Å². The summed E-state index contributed by atoms with van der Waals surface area (Å²) in [6.07, 6.45) is 15.8. The summed E-state index contributed by atoms with van der Waals surface area (Å²) in [6.45, 7) is 7.66. The first-order valence-electron chi connectivity index (χ1n) is 11.7. The van der Waals surface area contributed by atoms with Crippen LogP contribution in [-0.4, -0.2) is 77.4 Å². The zero-order valence-electron chi connectivity index (χ0n) is 17.5. The molecule has 0 radical (unpaired) electrons. The largest absolute Gasteiger partial charge is 0.367 e. The van der Waals surface area contributed by atoms with Gasteiger partial charge >= 0.3 is 0 Å². The third-order valence-corrected chi connectivity index (χ3v) is 7.14. The second-order valence-corrected chi connectivity index (χ2v) is 9.19. The highest BCUT2D eigenvalue weighted by molar-refractivity contribution is 5.94. The van der Waals surface area contributed by atoms with Crippen molar-refractivity contribution in [1.29, 1.82) is 0 Å². The Bertz CT molecular complexity index is 590. The summed E-state index contributed by atoms with van der Waals surface area (Å²) in [5.41, 5.74) is 0.808. The van der Waals surface area contributed by atoms with E-state index in [-0.39, 0.29) is 5.91 Å². The highest BCUT2D eigenvalue weighted by atomic mass is 16.2. The molecule has 0 spiro atoms. The minimum absolute atomic E-state index is 0.205. The lowest BCUT2D eigenvalue weighted by Gasteiger charge is -2.39. The van der Waals surface area contributed by atoms with Crippen molar-refractivity contribution in [2.24, 2.45) is 5.92 Å². The normalized spacial score (nSPS) is 25.2. The zero-order valence-corrected chi connectivity index (χ0v) is 17.5. The van der Waals surface area contributed by atoms with E-state index in [2.05, 4.69) is 19.7 Å². The number of hydrogen-bond donors (Lipinski definition) is 1. The van der Waals surface area contributed by atoms with Crippen LogP contribution < -0.4 is 0 Å². The van der Waals surface area contributed by atoms with Gasteiger partial charge in [0.15, 0.2) is 0 Å². The SMILES string of the molecule is O=C(c1cc[nH]c1)N(CCN1CCCCC1)C[C@H]1CCCN(C2CCCC2)C1. The molecule has 1 aliphatic carbocycles. The van der Waals surface area contributed by atoms with Crippen molar-refractivity contribution in [2.75, 3.05) is 45.8 Å². The van der Waals surface area contributed by atoms with Gasteiger partial charge in [-0.15, -0.1) is 0 Å². The summed E-state index contributed by atoms with van der Waals surface area (Å²) in [5, 5.41) is 0. The van der Waals surface area contributed by atoms with Gasteiger partial charge in [-0.25, -0.2) is 0 Å². The van der Waals surface area contributed by atoms with Crippen LogP contribution in [0.2, 0.25) is 0 Å². The van der Waals surface area contributed by atoms with E-state index >= 15 is 0 Å². The van der Waals surface area contributed by atoms with Gasteiger partial charge in [0.1, 0.15) is 0 Å². The van der Waals surface area contributed by atoms with Crippen molar-refractivity contribution in [1.82, 2.24) is 19.7 Å². The zero-order chi connectivity index (χ0) is 19.2. The summed E-state index contributed by atoms with van der Waals surface area (Å²) in [5.74, 6) is 0.829. The number of amides is 1. The molecule has 0 aromatic carbocycles. The molecule has 28 heavy (non-hydrogen) atoms. The highest BCUT2D eigenvalue weighted by Gasteiger charge is 2.30. The Balaban J connectivity index is 1.36. The van der Waals surface area contributed by atoms with E-state index in [9.17, 15) is 4.79 Å². The third-order valence-electron chi connectivity index (χ3n) is 7.14. The van der Waals surface area contributed by atoms with Gasteiger partial charge in [0.05, 0.1) is 5.56 Å². The fourth-order valence-corrected chi connectivity index (χ4v) is 5.52. The number of nitrogens with zero attached hydrogens (tertiary/aromatic N) is 3. The van der Waals surface area contributed by atoms with Gasteiger partial charge in [-0.1, -0.05) is 19.3 Å². The van der Waals surface area contributed by atoms with E-state index < -0.39 is 0 Å². The molecule has 5 nitrogen and oxygen atoms in total. The number of aromatic amines is 1. The molecule has 156 valence electrons. The monoisotopic (exact) mass is 386 g/mol. The lowest BCUT2D eigenvalue weighted by Crippen LogP contribution is -2.47. The molecule has 1 amide bonds. The van der Waals surface area contributed by atoms with Crippen LogP contribution in [0.3, 0.4) is 0 Å². The first-order valence-corrected chi connectivity index (χ1v) is 11.7. The molecule has 1 aromatic rings.